The fraction of sp³-hybridized carbons (Fsp3) is 0.606. The first kappa shape index (κ1) is 76.6. The lowest BCUT2D eigenvalue weighted by atomic mass is 10.1. The molecule has 0 fully saturated rings. The number of esters is 2. The molecule has 2 unspecified atom stereocenters. The van der Waals surface area contributed by atoms with Crippen LogP contribution in [0.5, 0.6) is 0 Å². The Morgan fingerprint density at radius 2 is 0.704 bits per heavy atom. The summed E-state index contributed by atoms with van der Waals surface area (Å²) in [7, 11) is 1.43. The highest BCUT2D eigenvalue weighted by Gasteiger charge is 2.27. The molecule has 458 valence electrons. The lowest BCUT2D eigenvalue weighted by Gasteiger charge is -2.24. The van der Waals surface area contributed by atoms with E-state index in [-0.39, 0.29) is 32.0 Å². The molecule has 9 nitrogen and oxygen atoms in total. The number of ether oxygens (including phenoxy) is 2. The predicted octanol–water partition coefficient (Wildman–Crippen LogP) is 20.4. The van der Waals surface area contributed by atoms with E-state index in [0.717, 1.165) is 141 Å². The molecule has 0 saturated carbocycles. The van der Waals surface area contributed by atoms with E-state index in [1.165, 1.54) is 51.4 Å². The van der Waals surface area contributed by atoms with Crippen LogP contribution in [0.3, 0.4) is 0 Å². The Balaban J connectivity index is 4.20. The number of unbranched alkanes of at least 4 members (excludes halogenated alkanes) is 16. The number of nitrogens with zero attached hydrogens (tertiary/aromatic N) is 1. The third-order valence-electron chi connectivity index (χ3n) is 12.8. The zero-order valence-corrected chi connectivity index (χ0v) is 52.8. The number of allylic oxidation sites excluding steroid dienone is 26. The first-order valence-corrected chi connectivity index (χ1v) is 33.2. The summed E-state index contributed by atoms with van der Waals surface area (Å²) in [6.07, 6.45) is 90.4. The van der Waals surface area contributed by atoms with Crippen molar-refractivity contribution in [2.24, 2.45) is 0 Å². The van der Waals surface area contributed by atoms with Gasteiger partial charge in [0.2, 0.25) is 0 Å². The van der Waals surface area contributed by atoms with Crippen LogP contribution in [0.1, 0.15) is 226 Å². The maximum absolute atomic E-state index is 12.8. The molecule has 0 aromatic rings. The Kier molecular flexibility index (Phi) is 57.0. The zero-order chi connectivity index (χ0) is 59.1. The van der Waals surface area contributed by atoms with E-state index in [1.807, 2.05) is 21.1 Å². The first-order chi connectivity index (χ1) is 39.5. The van der Waals surface area contributed by atoms with E-state index >= 15 is 0 Å². The standard InChI is InChI=1S/C71H116NO8P/c1-6-8-10-12-14-16-18-20-22-24-25-26-27-28-29-30-31-32-33-34-35-36-37-38-39-40-41-42-43-44-45-46-47-48-50-52-54-56-58-60-62-64-71(74)80-69(68-79-81(75,76)78-66-65-72(3,4)5)67-77-70(73)63-61-59-57-55-53-51-49-23-21-19-17-15-13-11-9-7-2/h8,10,14,16,20,22-23,25-26,28-29,31-32,34-35,37-38,40-41,43-44,46-47,49-50,52,69H,6-7,9,11-13,15,17-19,21,24,27,30,33,36,39,42,45,48,51,53-68H2,1-5H3/p+1/b10-8-,16-14-,22-20-,26-25-,29-28-,32-31-,35-34-,38-37-,41-40-,44-43-,47-46-,49-23-,52-50-. The highest BCUT2D eigenvalue weighted by molar-refractivity contribution is 7.47. The third-order valence-corrected chi connectivity index (χ3v) is 13.8. The number of phosphoric ester groups is 1. The molecule has 0 saturated heterocycles. The second-order valence-corrected chi connectivity index (χ2v) is 23.2. The molecule has 0 amide bonds. The van der Waals surface area contributed by atoms with Gasteiger partial charge in [-0.3, -0.25) is 18.6 Å². The van der Waals surface area contributed by atoms with Gasteiger partial charge in [-0.25, -0.2) is 4.57 Å². The Morgan fingerprint density at radius 3 is 1.06 bits per heavy atom. The summed E-state index contributed by atoms with van der Waals surface area (Å²) in [6, 6.07) is 0. The molecular weight excluding hydrogens is 1030 g/mol. The van der Waals surface area contributed by atoms with E-state index in [0.29, 0.717) is 17.4 Å². The van der Waals surface area contributed by atoms with Crippen molar-refractivity contribution < 1.29 is 42.1 Å². The van der Waals surface area contributed by atoms with Gasteiger partial charge < -0.3 is 18.9 Å². The van der Waals surface area contributed by atoms with Crippen LogP contribution in [-0.2, 0) is 32.7 Å². The molecule has 0 rings (SSSR count). The summed E-state index contributed by atoms with van der Waals surface area (Å²) in [5.74, 6) is -0.847. The van der Waals surface area contributed by atoms with Crippen molar-refractivity contribution in [3.8, 4) is 0 Å². The van der Waals surface area contributed by atoms with Gasteiger partial charge >= 0.3 is 19.8 Å². The second kappa shape index (κ2) is 60.2. The second-order valence-electron chi connectivity index (χ2n) is 21.7. The van der Waals surface area contributed by atoms with Crippen LogP contribution in [0, 0.1) is 0 Å². The summed E-state index contributed by atoms with van der Waals surface area (Å²) in [4.78, 5) is 35.7. The van der Waals surface area contributed by atoms with Crippen LogP contribution in [0.4, 0.5) is 0 Å². The molecule has 0 aliphatic rings. The Bertz CT molecular complexity index is 1920. The summed E-state index contributed by atoms with van der Waals surface area (Å²) in [5.41, 5.74) is 0. The maximum atomic E-state index is 12.8. The van der Waals surface area contributed by atoms with Gasteiger partial charge in [0.1, 0.15) is 19.8 Å². The minimum Gasteiger partial charge on any atom is -0.462 e. The van der Waals surface area contributed by atoms with Gasteiger partial charge in [-0.1, -0.05) is 242 Å². The molecule has 81 heavy (non-hydrogen) atoms. The molecule has 0 bridgehead atoms. The molecule has 0 aromatic heterocycles. The van der Waals surface area contributed by atoms with Gasteiger partial charge in [-0.05, 0) is 128 Å². The molecule has 0 spiro atoms. The van der Waals surface area contributed by atoms with Crippen LogP contribution in [-0.4, -0.2) is 74.9 Å². The molecule has 0 aromatic carbocycles. The lowest BCUT2D eigenvalue weighted by molar-refractivity contribution is -0.870. The summed E-state index contributed by atoms with van der Waals surface area (Å²) < 4.78 is 34.5. The number of phosphoric acid groups is 1. The molecule has 0 heterocycles. The largest absolute Gasteiger partial charge is 0.472 e. The van der Waals surface area contributed by atoms with E-state index in [2.05, 4.69) is 172 Å². The van der Waals surface area contributed by atoms with Crippen molar-refractivity contribution >= 4 is 19.8 Å². The van der Waals surface area contributed by atoms with Crippen LogP contribution in [0.25, 0.3) is 0 Å². The SMILES string of the molecule is CC/C=C\C/C=C\C/C=C\C/C=C\C/C=C\C/C=C\C/C=C\C/C=C\C/C=C\C/C=C\C/C=C\C/C=C\CCCCCCC(=O)OC(COC(=O)CCCCCCC/C=C\CCCCCCCCC)COP(=O)(O)OCC[N+](C)(C)C. The molecular formula is C71H117NO8P+. The topological polar surface area (TPSA) is 108 Å². The number of likely N-dealkylation sites (N-methyl/N-ethyl adjacent to an activating group) is 1. The Hall–Kier alpha value is -4.37. The minimum atomic E-state index is -4.41. The lowest BCUT2D eigenvalue weighted by Crippen LogP contribution is -2.37. The van der Waals surface area contributed by atoms with Crippen molar-refractivity contribution in [1.29, 1.82) is 0 Å². The highest BCUT2D eigenvalue weighted by atomic mass is 31.2. The van der Waals surface area contributed by atoms with E-state index in [4.69, 9.17) is 18.5 Å². The van der Waals surface area contributed by atoms with Crippen LogP contribution in [0.15, 0.2) is 158 Å². The molecule has 10 heteroatoms. The smallest absolute Gasteiger partial charge is 0.462 e. The van der Waals surface area contributed by atoms with Crippen molar-refractivity contribution in [2.45, 2.75) is 232 Å². The quantitative estimate of drug-likeness (QED) is 0.0211. The third kappa shape index (κ3) is 64.7. The van der Waals surface area contributed by atoms with Crippen molar-refractivity contribution in [1.82, 2.24) is 0 Å². The molecule has 2 atom stereocenters. The number of carbonyl (C=O) groups excluding carboxylic acids is 2. The monoisotopic (exact) mass is 1140 g/mol. The average molecular weight is 1140 g/mol. The van der Waals surface area contributed by atoms with Gasteiger partial charge in [0.05, 0.1) is 27.7 Å². The van der Waals surface area contributed by atoms with E-state index in [1.54, 1.807) is 0 Å². The first-order valence-electron chi connectivity index (χ1n) is 31.7. The Labute approximate surface area is 496 Å². The van der Waals surface area contributed by atoms with Gasteiger partial charge in [0.15, 0.2) is 6.10 Å². The fourth-order valence-corrected chi connectivity index (χ4v) is 8.67. The van der Waals surface area contributed by atoms with Crippen molar-refractivity contribution in [3.63, 3.8) is 0 Å². The average Bonchev–Trinajstić information content (AvgIpc) is 3.43. The normalized spacial score (nSPS) is 14.3. The summed E-state index contributed by atoms with van der Waals surface area (Å²) in [5, 5.41) is 0. The number of quaternary nitrogens is 1. The van der Waals surface area contributed by atoms with Crippen molar-refractivity contribution in [3.05, 3.63) is 158 Å². The molecule has 0 aliphatic carbocycles. The van der Waals surface area contributed by atoms with Gasteiger partial charge in [0.25, 0.3) is 0 Å². The fourth-order valence-electron chi connectivity index (χ4n) is 7.93. The summed E-state index contributed by atoms with van der Waals surface area (Å²) >= 11 is 0. The Morgan fingerprint density at radius 1 is 0.395 bits per heavy atom. The maximum Gasteiger partial charge on any atom is 0.472 e. The molecule has 0 aliphatic heterocycles. The zero-order valence-electron chi connectivity index (χ0n) is 52.0. The highest BCUT2D eigenvalue weighted by Crippen LogP contribution is 2.43. The van der Waals surface area contributed by atoms with Gasteiger partial charge in [-0.2, -0.15) is 0 Å². The number of hydrogen-bond donors (Lipinski definition) is 1. The van der Waals surface area contributed by atoms with E-state index in [9.17, 15) is 19.0 Å². The van der Waals surface area contributed by atoms with E-state index < -0.39 is 26.5 Å². The van der Waals surface area contributed by atoms with Crippen LogP contribution in [0.2, 0.25) is 0 Å². The molecule has 0 radical (unpaired) electrons. The number of carbonyl (C=O) groups is 2. The molecule has 1 N–H and O–H groups in total. The summed E-state index contributed by atoms with van der Waals surface area (Å²) in [6.45, 7) is 4.26. The predicted molar refractivity (Wildman–Crippen MR) is 348 cm³/mol. The van der Waals surface area contributed by atoms with Gasteiger partial charge in [-0.15, -0.1) is 0 Å². The van der Waals surface area contributed by atoms with Crippen LogP contribution >= 0.6 is 7.82 Å². The van der Waals surface area contributed by atoms with Crippen molar-refractivity contribution in [2.75, 3.05) is 47.5 Å². The van der Waals surface area contributed by atoms with Crippen LogP contribution < -0.4 is 0 Å². The number of hydrogen-bond acceptors (Lipinski definition) is 7. The minimum absolute atomic E-state index is 0.0172. The number of rotatable bonds is 56. The van der Waals surface area contributed by atoms with Gasteiger partial charge in [0, 0.05) is 12.8 Å².